The van der Waals surface area contributed by atoms with E-state index in [-0.39, 0.29) is 0 Å². The Labute approximate surface area is 128 Å². The van der Waals surface area contributed by atoms with E-state index in [1.807, 2.05) is 0 Å². The van der Waals surface area contributed by atoms with Crippen molar-refractivity contribution in [3.8, 4) is 0 Å². The van der Waals surface area contributed by atoms with Crippen LogP contribution >= 0.6 is 0 Å². The number of fused-ring (bicyclic) bond motifs is 1. The average molecular weight is 279 g/mol. The normalized spacial score (nSPS) is 39.3. The molecule has 0 aromatic rings. The molecule has 118 valence electrons. The zero-order valence-electron chi connectivity index (χ0n) is 14.9. The van der Waals surface area contributed by atoms with Gasteiger partial charge in [0.05, 0.1) is 0 Å². The van der Waals surface area contributed by atoms with E-state index in [1.54, 1.807) is 6.42 Å². The summed E-state index contributed by atoms with van der Waals surface area (Å²) in [5.41, 5.74) is 0. The summed E-state index contributed by atoms with van der Waals surface area (Å²) in [6, 6.07) is 0. The molecule has 20 heavy (non-hydrogen) atoms. The van der Waals surface area contributed by atoms with Gasteiger partial charge in [0.15, 0.2) is 0 Å². The number of hydrogen-bond donors (Lipinski definition) is 0. The van der Waals surface area contributed by atoms with Crippen LogP contribution < -0.4 is 0 Å². The summed E-state index contributed by atoms with van der Waals surface area (Å²) in [4.78, 5) is 0. The SMILES string of the molecule is CC(C)CC(C)C1CCC2C(C)CC(CC(C)C)C2C1. The Bertz CT molecular complexity index is 290. The van der Waals surface area contributed by atoms with Crippen molar-refractivity contribution < 1.29 is 0 Å². The first-order valence-electron chi connectivity index (χ1n) is 9.38. The van der Waals surface area contributed by atoms with E-state index in [0.29, 0.717) is 0 Å². The van der Waals surface area contributed by atoms with Crippen LogP contribution in [0.5, 0.6) is 0 Å². The van der Waals surface area contributed by atoms with Crippen molar-refractivity contribution in [2.75, 3.05) is 0 Å². The molecule has 2 rings (SSSR count). The third-order valence-electron chi connectivity index (χ3n) is 6.43. The van der Waals surface area contributed by atoms with Gasteiger partial charge in [0, 0.05) is 0 Å². The Morgan fingerprint density at radius 1 is 0.850 bits per heavy atom. The summed E-state index contributed by atoms with van der Waals surface area (Å²) in [7, 11) is 0. The van der Waals surface area contributed by atoms with Crippen molar-refractivity contribution in [1.29, 1.82) is 0 Å². The van der Waals surface area contributed by atoms with Gasteiger partial charge in [-0.15, -0.1) is 0 Å². The molecule has 2 saturated carbocycles. The summed E-state index contributed by atoms with van der Waals surface area (Å²) in [5.74, 6) is 7.93. The summed E-state index contributed by atoms with van der Waals surface area (Å²) >= 11 is 0. The molecule has 0 aromatic carbocycles. The van der Waals surface area contributed by atoms with Crippen molar-refractivity contribution in [3.63, 3.8) is 0 Å². The van der Waals surface area contributed by atoms with Gasteiger partial charge >= 0.3 is 0 Å². The van der Waals surface area contributed by atoms with Crippen LogP contribution in [-0.2, 0) is 0 Å². The van der Waals surface area contributed by atoms with E-state index in [2.05, 4.69) is 41.5 Å². The summed E-state index contributed by atoms with van der Waals surface area (Å²) in [5, 5.41) is 0. The molecular weight excluding hydrogens is 240 g/mol. The highest BCUT2D eigenvalue weighted by atomic mass is 14.5. The molecule has 6 unspecified atom stereocenters. The standard InChI is InChI=1S/C20H38/c1-13(2)9-15(5)17-7-8-19-16(6)11-18(10-14(3)4)20(19)12-17/h13-20H,7-12H2,1-6H3. The lowest BCUT2D eigenvalue weighted by molar-refractivity contribution is 0.110. The lowest BCUT2D eigenvalue weighted by Crippen LogP contribution is -2.30. The maximum atomic E-state index is 2.54. The Morgan fingerprint density at radius 3 is 2.15 bits per heavy atom. The second kappa shape index (κ2) is 6.84. The minimum Gasteiger partial charge on any atom is -0.0628 e. The molecule has 0 amide bonds. The molecule has 0 saturated heterocycles. The van der Waals surface area contributed by atoms with Crippen molar-refractivity contribution in [2.45, 2.75) is 80.1 Å². The van der Waals surface area contributed by atoms with Crippen LogP contribution in [0.15, 0.2) is 0 Å². The fraction of sp³-hybridized carbons (Fsp3) is 1.00. The van der Waals surface area contributed by atoms with Crippen LogP contribution in [0.1, 0.15) is 80.1 Å². The summed E-state index contributed by atoms with van der Waals surface area (Å²) < 4.78 is 0. The third kappa shape index (κ3) is 3.80. The molecule has 0 heteroatoms. The average Bonchev–Trinajstić information content (AvgIpc) is 2.64. The van der Waals surface area contributed by atoms with E-state index in [4.69, 9.17) is 0 Å². The van der Waals surface area contributed by atoms with E-state index >= 15 is 0 Å². The Kier molecular flexibility index (Phi) is 5.60. The van der Waals surface area contributed by atoms with Gasteiger partial charge in [-0.3, -0.25) is 0 Å². The van der Waals surface area contributed by atoms with Crippen LogP contribution in [-0.4, -0.2) is 0 Å². The molecule has 0 spiro atoms. The third-order valence-corrected chi connectivity index (χ3v) is 6.43. The van der Waals surface area contributed by atoms with Crippen LogP contribution in [0.25, 0.3) is 0 Å². The molecule has 0 nitrogen and oxygen atoms in total. The monoisotopic (exact) mass is 278 g/mol. The van der Waals surface area contributed by atoms with Gasteiger partial charge in [0.1, 0.15) is 0 Å². The molecule has 6 atom stereocenters. The zero-order valence-corrected chi connectivity index (χ0v) is 14.9. The van der Waals surface area contributed by atoms with E-state index in [1.165, 1.54) is 32.1 Å². The Morgan fingerprint density at radius 2 is 1.55 bits per heavy atom. The molecule has 2 aliphatic carbocycles. The molecule has 0 heterocycles. The highest BCUT2D eigenvalue weighted by Gasteiger charge is 2.44. The second-order valence-corrected chi connectivity index (χ2v) is 9.11. The van der Waals surface area contributed by atoms with E-state index in [9.17, 15) is 0 Å². The number of rotatable bonds is 5. The fourth-order valence-corrected chi connectivity index (χ4v) is 5.67. The van der Waals surface area contributed by atoms with Gasteiger partial charge in [-0.2, -0.15) is 0 Å². The van der Waals surface area contributed by atoms with Crippen LogP contribution in [0.3, 0.4) is 0 Å². The maximum Gasteiger partial charge on any atom is -0.0352 e. The van der Waals surface area contributed by atoms with Crippen molar-refractivity contribution >= 4 is 0 Å². The van der Waals surface area contributed by atoms with Gasteiger partial charge in [0.25, 0.3) is 0 Å². The minimum absolute atomic E-state index is 0.872. The molecule has 0 bridgehead atoms. The van der Waals surface area contributed by atoms with Gasteiger partial charge in [0.2, 0.25) is 0 Å². The zero-order chi connectivity index (χ0) is 14.9. The predicted octanol–water partition coefficient (Wildman–Crippen LogP) is 6.40. The largest absolute Gasteiger partial charge is 0.0628 e. The first-order chi connectivity index (χ1) is 9.38. The predicted molar refractivity (Wildman–Crippen MR) is 89.7 cm³/mol. The number of hydrogen-bond acceptors (Lipinski definition) is 0. The van der Waals surface area contributed by atoms with Crippen LogP contribution in [0.4, 0.5) is 0 Å². The van der Waals surface area contributed by atoms with Crippen molar-refractivity contribution in [3.05, 3.63) is 0 Å². The molecule has 2 aliphatic rings. The minimum atomic E-state index is 0.872. The lowest BCUT2D eigenvalue weighted by Gasteiger charge is -2.39. The Balaban J connectivity index is 1.97. The topological polar surface area (TPSA) is 0 Å². The molecule has 2 fully saturated rings. The van der Waals surface area contributed by atoms with Gasteiger partial charge < -0.3 is 0 Å². The maximum absolute atomic E-state index is 2.54. The van der Waals surface area contributed by atoms with E-state index in [0.717, 1.165) is 47.3 Å². The molecule has 0 aliphatic heterocycles. The van der Waals surface area contributed by atoms with Gasteiger partial charge in [-0.25, -0.2) is 0 Å². The van der Waals surface area contributed by atoms with Crippen molar-refractivity contribution in [2.24, 2.45) is 47.3 Å². The van der Waals surface area contributed by atoms with Gasteiger partial charge in [-0.05, 0) is 85.9 Å². The molecular formula is C20H38. The molecule has 0 aromatic heterocycles. The fourth-order valence-electron chi connectivity index (χ4n) is 5.67. The van der Waals surface area contributed by atoms with Crippen LogP contribution in [0, 0.1) is 47.3 Å². The smallest absolute Gasteiger partial charge is 0.0352 e. The molecule has 0 N–H and O–H groups in total. The Hall–Kier alpha value is 0. The summed E-state index contributed by atoms with van der Waals surface area (Å²) in [6.07, 6.45) is 9.06. The highest BCUT2D eigenvalue weighted by molar-refractivity contribution is 4.94. The van der Waals surface area contributed by atoms with Gasteiger partial charge in [-0.1, -0.05) is 41.5 Å². The summed E-state index contributed by atoms with van der Waals surface area (Å²) in [6.45, 7) is 14.7. The molecule has 0 radical (unpaired) electrons. The van der Waals surface area contributed by atoms with Crippen molar-refractivity contribution in [1.82, 2.24) is 0 Å². The highest BCUT2D eigenvalue weighted by Crippen LogP contribution is 2.53. The van der Waals surface area contributed by atoms with E-state index < -0.39 is 0 Å². The lowest BCUT2D eigenvalue weighted by atomic mass is 9.66. The second-order valence-electron chi connectivity index (χ2n) is 9.11. The van der Waals surface area contributed by atoms with Crippen LogP contribution in [0.2, 0.25) is 0 Å². The first-order valence-corrected chi connectivity index (χ1v) is 9.38. The first kappa shape index (κ1) is 16.4. The quantitative estimate of drug-likeness (QED) is 0.545.